The Bertz CT molecular complexity index is 810. The second-order valence-corrected chi connectivity index (χ2v) is 5.89. The van der Waals surface area contributed by atoms with Crippen LogP contribution < -0.4 is 5.43 Å². The average molecular weight is 321 g/mol. The van der Waals surface area contributed by atoms with Crippen molar-refractivity contribution in [3.63, 3.8) is 0 Å². The lowest BCUT2D eigenvalue weighted by Crippen LogP contribution is -2.32. The van der Waals surface area contributed by atoms with E-state index in [1.807, 2.05) is 0 Å². The lowest BCUT2D eigenvalue weighted by Gasteiger charge is -2.27. The van der Waals surface area contributed by atoms with Crippen molar-refractivity contribution in [3.05, 3.63) is 68.6 Å². The smallest absolute Gasteiger partial charge is 0.341 e. The van der Waals surface area contributed by atoms with Gasteiger partial charge in [-0.1, -0.05) is 32.0 Å². The van der Waals surface area contributed by atoms with Gasteiger partial charge < -0.3 is 10.1 Å². The quantitative estimate of drug-likeness (QED) is 0.903. The molecule has 122 valence electrons. The number of carbonyl (C=O) groups is 1. The van der Waals surface area contributed by atoms with E-state index in [1.54, 1.807) is 26.8 Å². The second kappa shape index (κ2) is 5.95. The molecule has 0 bridgehead atoms. The fraction of sp³-hybridized carbons (Fsp3) is 0.294. The van der Waals surface area contributed by atoms with Gasteiger partial charge in [0.2, 0.25) is 0 Å². The van der Waals surface area contributed by atoms with Crippen LogP contribution in [-0.2, 0) is 5.41 Å². The average Bonchev–Trinajstić information content (AvgIpc) is 2.46. The van der Waals surface area contributed by atoms with E-state index in [0.717, 1.165) is 6.20 Å². The summed E-state index contributed by atoms with van der Waals surface area (Å²) in [5.41, 5.74) is -0.764. The first-order chi connectivity index (χ1) is 10.7. The standard InChI is InChI=1S/C17H17F2NO3/c1-9-13(14(21)12(8-20-9)16(22)23)17(2,3)11-6-4-5-10(7-11)15(18)19/h4-8,15H,1-3H3,(H,20,21)(H,22,23). The number of aromatic carboxylic acids is 1. The third kappa shape index (κ3) is 3.02. The van der Waals surface area contributed by atoms with Crippen molar-refractivity contribution >= 4 is 5.97 Å². The van der Waals surface area contributed by atoms with E-state index in [9.17, 15) is 18.4 Å². The number of rotatable bonds is 4. The van der Waals surface area contributed by atoms with E-state index in [1.165, 1.54) is 18.2 Å². The molecule has 1 aromatic carbocycles. The van der Waals surface area contributed by atoms with Gasteiger partial charge in [0.05, 0.1) is 0 Å². The molecule has 2 aromatic rings. The van der Waals surface area contributed by atoms with Crippen LogP contribution in [0.1, 0.15) is 53.0 Å². The molecule has 0 aliphatic carbocycles. The Labute approximate surface area is 131 Å². The highest BCUT2D eigenvalue weighted by atomic mass is 19.3. The Hall–Kier alpha value is -2.50. The van der Waals surface area contributed by atoms with Crippen LogP contribution in [0.5, 0.6) is 0 Å². The minimum Gasteiger partial charge on any atom is -0.477 e. The third-order valence-corrected chi connectivity index (χ3v) is 4.00. The first-order valence-electron chi connectivity index (χ1n) is 7.01. The summed E-state index contributed by atoms with van der Waals surface area (Å²) in [4.78, 5) is 26.5. The maximum Gasteiger partial charge on any atom is 0.341 e. The monoisotopic (exact) mass is 321 g/mol. The fourth-order valence-electron chi connectivity index (χ4n) is 2.74. The summed E-state index contributed by atoms with van der Waals surface area (Å²) < 4.78 is 25.8. The molecule has 2 N–H and O–H groups in total. The highest BCUT2D eigenvalue weighted by Crippen LogP contribution is 2.33. The van der Waals surface area contributed by atoms with Crippen molar-refractivity contribution < 1.29 is 18.7 Å². The van der Waals surface area contributed by atoms with E-state index in [0.29, 0.717) is 11.3 Å². The zero-order chi connectivity index (χ0) is 17.4. The highest BCUT2D eigenvalue weighted by Gasteiger charge is 2.30. The van der Waals surface area contributed by atoms with Crippen molar-refractivity contribution in [3.8, 4) is 0 Å². The molecule has 4 nitrogen and oxygen atoms in total. The number of carboxylic acids is 1. The van der Waals surface area contributed by atoms with E-state index < -0.39 is 23.2 Å². The molecule has 0 amide bonds. The number of carboxylic acid groups (broad SMARTS) is 1. The topological polar surface area (TPSA) is 70.2 Å². The largest absolute Gasteiger partial charge is 0.477 e. The first kappa shape index (κ1) is 16.9. The minimum atomic E-state index is -2.62. The summed E-state index contributed by atoms with van der Waals surface area (Å²) in [5, 5.41) is 9.12. The van der Waals surface area contributed by atoms with Crippen molar-refractivity contribution in [2.45, 2.75) is 32.6 Å². The van der Waals surface area contributed by atoms with Gasteiger partial charge in [0, 0.05) is 28.4 Å². The molecule has 0 spiro atoms. The number of H-pyrrole nitrogens is 1. The Morgan fingerprint density at radius 3 is 2.52 bits per heavy atom. The summed E-state index contributed by atoms with van der Waals surface area (Å²) in [6, 6.07) is 5.81. The molecular formula is C17H17F2NO3. The highest BCUT2D eigenvalue weighted by molar-refractivity contribution is 5.87. The normalized spacial score (nSPS) is 11.7. The van der Waals surface area contributed by atoms with Gasteiger partial charge in [0.15, 0.2) is 5.43 Å². The summed E-state index contributed by atoms with van der Waals surface area (Å²) in [5.74, 6) is -1.33. The predicted molar refractivity (Wildman–Crippen MR) is 82.3 cm³/mol. The number of hydrogen-bond donors (Lipinski definition) is 2. The Morgan fingerprint density at radius 1 is 1.30 bits per heavy atom. The van der Waals surface area contributed by atoms with Crippen molar-refractivity contribution in [2.24, 2.45) is 0 Å². The zero-order valence-electron chi connectivity index (χ0n) is 13.0. The lowest BCUT2D eigenvalue weighted by molar-refractivity contribution is 0.0694. The molecule has 0 atom stereocenters. The Kier molecular flexibility index (Phi) is 4.36. The van der Waals surface area contributed by atoms with E-state index in [2.05, 4.69) is 4.98 Å². The molecule has 0 aliphatic rings. The van der Waals surface area contributed by atoms with Gasteiger partial charge in [-0.05, 0) is 18.6 Å². The molecule has 0 saturated heterocycles. The van der Waals surface area contributed by atoms with Crippen LogP contribution in [0.2, 0.25) is 0 Å². The molecule has 6 heteroatoms. The number of aromatic amines is 1. The number of benzene rings is 1. The van der Waals surface area contributed by atoms with Crippen LogP contribution in [0.3, 0.4) is 0 Å². The first-order valence-corrected chi connectivity index (χ1v) is 7.01. The van der Waals surface area contributed by atoms with Crippen molar-refractivity contribution in [2.75, 3.05) is 0 Å². The van der Waals surface area contributed by atoms with Gasteiger partial charge in [-0.2, -0.15) is 0 Å². The predicted octanol–water partition coefficient (Wildman–Crippen LogP) is 3.65. The Morgan fingerprint density at radius 2 is 1.96 bits per heavy atom. The molecule has 0 aliphatic heterocycles. The van der Waals surface area contributed by atoms with Gasteiger partial charge in [0.25, 0.3) is 6.43 Å². The number of aromatic nitrogens is 1. The molecule has 0 saturated carbocycles. The number of pyridine rings is 1. The van der Waals surface area contributed by atoms with Crippen LogP contribution in [0.15, 0.2) is 35.3 Å². The van der Waals surface area contributed by atoms with Crippen LogP contribution >= 0.6 is 0 Å². The number of aryl methyl sites for hydroxylation is 1. The molecule has 0 fully saturated rings. The summed E-state index contributed by atoms with van der Waals surface area (Å²) in [7, 11) is 0. The maximum atomic E-state index is 12.9. The maximum absolute atomic E-state index is 12.9. The molecule has 23 heavy (non-hydrogen) atoms. The van der Waals surface area contributed by atoms with Crippen LogP contribution in [0, 0.1) is 6.92 Å². The summed E-state index contributed by atoms with van der Waals surface area (Å²) >= 11 is 0. The van der Waals surface area contributed by atoms with E-state index >= 15 is 0 Å². The lowest BCUT2D eigenvalue weighted by atomic mass is 9.76. The minimum absolute atomic E-state index is 0.140. The van der Waals surface area contributed by atoms with Gasteiger partial charge in [-0.3, -0.25) is 4.79 Å². The number of alkyl halides is 2. The van der Waals surface area contributed by atoms with E-state index in [4.69, 9.17) is 5.11 Å². The molecular weight excluding hydrogens is 304 g/mol. The number of halogens is 2. The third-order valence-electron chi connectivity index (χ3n) is 4.00. The van der Waals surface area contributed by atoms with Gasteiger partial charge in [0.1, 0.15) is 5.56 Å². The zero-order valence-corrected chi connectivity index (χ0v) is 13.0. The second-order valence-electron chi connectivity index (χ2n) is 5.89. The van der Waals surface area contributed by atoms with Crippen LogP contribution in [0.4, 0.5) is 8.78 Å². The molecule has 1 aromatic heterocycles. The van der Waals surface area contributed by atoms with Crippen molar-refractivity contribution in [1.82, 2.24) is 4.98 Å². The Balaban J connectivity index is 2.69. The molecule has 2 rings (SSSR count). The van der Waals surface area contributed by atoms with Crippen LogP contribution in [0.25, 0.3) is 0 Å². The van der Waals surface area contributed by atoms with E-state index in [-0.39, 0.29) is 16.7 Å². The van der Waals surface area contributed by atoms with Gasteiger partial charge in [-0.25, -0.2) is 13.6 Å². The molecule has 0 radical (unpaired) electrons. The summed E-state index contributed by atoms with van der Waals surface area (Å²) in [6.07, 6.45) is -1.47. The fourth-order valence-corrected chi connectivity index (χ4v) is 2.74. The van der Waals surface area contributed by atoms with Gasteiger partial charge in [-0.15, -0.1) is 0 Å². The molecule has 0 unspecified atom stereocenters. The number of nitrogens with one attached hydrogen (secondary N) is 1. The van der Waals surface area contributed by atoms with Gasteiger partial charge >= 0.3 is 5.97 Å². The summed E-state index contributed by atoms with van der Waals surface area (Å²) in [6.45, 7) is 5.07. The SMILES string of the molecule is Cc1[nH]cc(C(=O)O)c(=O)c1C(C)(C)c1cccc(C(F)F)c1. The van der Waals surface area contributed by atoms with Crippen LogP contribution in [-0.4, -0.2) is 16.1 Å². The number of hydrogen-bond acceptors (Lipinski definition) is 2. The molecule has 1 heterocycles. The van der Waals surface area contributed by atoms with Crippen molar-refractivity contribution in [1.29, 1.82) is 0 Å².